The van der Waals surface area contributed by atoms with E-state index < -0.39 is 0 Å². The molecule has 1 amide bonds. The fourth-order valence-electron chi connectivity index (χ4n) is 1.63. The van der Waals surface area contributed by atoms with Gasteiger partial charge in [-0.15, -0.1) is 0 Å². The maximum absolute atomic E-state index is 12.0. The normalized spacial score (nSPS) is 10.1. The zero-order valence-corrected chi connectivity index (χ0v) is 9.97. The van der Waals surface area contributed by atoms with Gasteiger partial charge in [0.05, 0.1) is 5.56 Å². The van der Waals surface area contributed by atoms with Crippen molar-refractivity contribution in [3.63, 3.8) is 0 Å². The van der Waals surface area contributed by atoms with Crippen molar-refractivity contribution in [3.05, 3.63) is 53.6 Å². The highest BCUT2D eigenvalue weighted by Gasteiger charge is 2.11. The molecule has 0 bridgehead atoms. The number of anilines is 2. The van der Waals surface area contributed by atoms with E-state index in [0.29, 0.717) is 11.4 Å². The van der Waals surface area contributed by atoms with Crippen LogP contribution in [0.15, 0.2) is 42.5 Å². The third kappa shape index (κ3) is 2.43. The molecule has 92 valence electrons. The zero-order chi connectivity index (χ0) is 13.1. The number of rotatable bonds is 2. The molecule has 18 heavy (non-hydrogen) atoms. The number of benzene rings is 2. The Morgan fingerprint density at radius 2 is 1.94 bits per heavy atom. The predicted molar refractivity (Wildman–Crippen MR) is 71.7 cm³/mol. The van der Waals surface area contributed by atoms with Gasteiger partial charge in [-0.25, -0.2) is 0 Å². The van der Waals surface area contributed by atoms with E-state index in [1.165, 1.54) is 6.07 Å². The molecule has 2 aromatic carbocycles. The first-order chi connectivity index (χ1) is 8.58. The van der Waals surface area contributed by atoms with Gasteiger partial charge in [0, 0.05) is 11.4 Å². The highest BCUT2D eigenvalue weighted by atomic mass is 16.3. The van der Waals surface area contributed by atoms with E-state index in [9.17, 15) is 9.90 Å². The van der Waals surface area contributed by atoms with Crippen LogP contribution >= 0.6 is 0 Å². The molecule has 0 saturated carbocycles. The summed E-state index contributed by atoms with van der Waals surface area (Å²) in [6, 6.07) is 11.7. The molecular weight excluding hydrogens is 228 g/mol. The number of phenolic OH excluding ortho intramolecular Hbond substituents is 1. The fraction of sp³-hybridized carbons (Fsp3) is 0.0714. The van der Waals surface area contributed by atoms with Crippen molar-refractivity contribution in [1.82, 2.24) is 0 Å². The highest BCUT2D eigenvalue weighted by molar-refractivity contribution is 6.06. The molecule has 0 aliphatic heterocycles. The first kappa shape index (κ1) is 12.0. The molecule has 0 atom stereocenters. The number of amides is 1. The van der Waals surface area contributed by atoms with Crippen LogP contribution in [0, 0.1) is 6.92 Å². The molecule has 0 aliphatic rings. The SMILES string of the molecule is Cc1ccc(N)cc1NC(=O)c1ccccc1O. The molecule has 4 nitrogen and oxygen atoms in total. The Hall–Kier alpha value is -2.49. The van der Waals surface area contributed by atoms with Crippen LogP contribution in [0.2, 0.25) is 0 Å². The minimum absolute atomic E-state index is 0.0449. The van der Waals surface area contributed by atoms with Crippen molar-refractivity contribution >= 4 is 17.3 Å². The smallest absolute Gasteiger partial charge is 0.259 e. The van der Waals surface area contributed by atoms with Crippen LogP contribution in [-0.2, 0) is 0 Å². The molecule has 0 spiro atoms. The number of nitrogens with one attached hydrogen (secondary N) is 1. The van der Waals surface area contributed by atoms with Gasteiger partial charge in [0.25, 0.3) is 5.91 Å². The van der Waals surface area contributed by atoms with Crippen molar-refractivity contribution in [2.75, 3.05) is 11.1 Å². The Bertz CT molecular complexity index is 594. The zero-order valence-electron chi connectivity index (χ0n) is 9.97. The second-order valence-electron chi connectivity index (χ2n) is 4.05. The molecule has 4 N–H and O–H groups in total. The minimum atomic E-state index is -0.359. The van der Waals surface area contributed by atoms with E-state index in [0.717, 1.165) is 5.56 Å². The van der Waals surface area contributed by atoms with Gasteiger partial charge in [0.2, 0.25) is 0 Å². The lowest BCUT2D eigenvalue weighted by Crippen LogP contribution is -2.13. The number of aromatic hydroxyl groups is 1. The van der Waals surface area contributed by atoms with Crippen LogP contribution in [0.4, 0.5) is 11.4 Å². The molecule has 2 rings (SSSR count). The number of carbonyl (C=O) groups is 1. The topological polar surface area (TPSA) is 75.3 Å². The number of nitrogen functional groups attached to an aromatic ring is 1. The Kier molecular flexibility index (Phi) is 3.19. The summed E-state index contributed by atoms with van der Waals surface area (Å²) in [5.41, 5.74) is 8.04. The van der Waals surface area contributed by atoms with E-state index in [1.54, 1.807) is 30.3 Å². The first-order valence-electron chi connectivity index (χ1n) is 5.53. The van der Waals surface area contributed by atoms with E-state index >= 15 is 0 Å². The van der Waals surface area contributed by atoms with Gasteiger partial charge < -0.3 is 16.2 Å². The molecule has 0 unspecified atom stereocenters. The van der Waals surface area contributed by atoms with Crippen LogP contribution in [0.1, 0.15) is 15.9 Å². The number of hydrogen-bond acceptors (Lipinski definition) is 3. The predicted octanol–water partition coefficient (Wildman–Crippen LogP) is 2.54. The van der Waals surface area contributed by atoms with Crippen molar-refractivity contribution in [1.29, 1.82) is 0 Å². The summed E-state index contributed by atoms with van der Waals surface area (Å²) in [5.74, 6) is -0.404. The van der Waals surface area contributed by atoms with Gasteiger partial charge >= 0.3 is 0 Å². The third-order valence-electron chi connectivity index (χ3n) is 2.66. The molecule has 0 aromatic heterocycles. The summed E-state index contributed by atoms with van der Waals surface area (Å²) in [4.78, 5) is 12.0. The number of carbonyl (C=O) groups excluding carboxylic acids is 1. The summed E-state index contributed by atoms with van der Waals surface area (Å²) in [5, 5.41) is 12.3. The number of aryl methyl sites for hydroxylation is 1. The van der Waals surface area contributed by atoms with Crippen LogP contribution in [-0.4, -0.2) is 11.0 Å². The second kappa shape index (κ2) is 4.79. The monoisotopic (exact) mass is 242 g/mol. The van der Waals surface area contributed by atoms with Crippen LogP contribution in [0.3, 0.4) is 0 Å². The quantitative estimate of drug-likeness (QED) is 0.708. The fourth-order valence-corrected chi connectivity index (χ4v) is 1.63. The second-order valence-corrected chi connectivity index (χ2v) is 4.05. The number of hydrogen-bond donors (Lipinski definition) is 3. The molecule has 0 aliphatic carbocycles. The summed E-state index contributed by atoms with van der Waals surface area (Å²) < 4.78 is 0. The Labute approximate surface area is 105 Å². The molecule has 4 heteroatoms. The lowest BCUT2D eigenvalue weighted by molar-refractivity contribution is 0.102. The molecule has 0 radical (unpaired) electrons. The maximum atomic E-state index is 12.0. The standard InChI is InChI=1S/C14H14N2O2/c1-9-6-7-10(15)8-12(9)16-14(18)11-4-2-3-5-13(11)17/h2-8,17H,15H2,1H3,(H,16,18). The maximum Gasteiger partial charge on any atom is 0.259 e. The highest BCUT2D eigenvalue weighted by Crippen LogP contribution is 2.21. The third-order valence-corrected chi connectivity index (χ3v) is 2.66. The number of nitrogens with two attached hydrogens (primary N) is 1. The Morgan fingerprint density at radius 3 is 2.67 bits per heavy atom. The first-order valence-corrected chi connectivity index (χ1v) is 5.53. The summed E-state index contributed by atoms with van der Waals surface area (Å²) in [7, 11) is 0. The van der Waals surface area contributed by atoms with Gasteiger partial charge in [-0.3, -0.25) is 4.79 Å². The van der Waals surface area contributed by atoms with Crippen LogP contribution in [0.25, 0.3) is 0 Å². The van der Waals surface area contributed by atoms with E-state index in [-0.39, 0.29) is 17.2 Å². The Morgan fingerprint density at radius 1 is 1.22 bits per heavy atom. The van der Waals surface area contributed by atoms with Gasteiger partial charge in [-0.2, -0.15) is 0 Å². The number of phenols is 1. The molecular formula is C14H14N2O2. The van der Waals surface area contributed by atoms with Crippen LogP contribution in [0.5, 0.6) is 5.75 Å². The minimum Gasteiger partial charge on any atom is -0.507 e. The largest absolute Gasteiger partial charge is 0.507 e. The molecule has 0 fully saturated rings. The summed E-state index contributed by atoms with van der Waals surface area (Å²) in [6.07, 6.45) is 0. The van der Waals surface area contributed by atoms with E-state index in [2.05, 4.69) is 5.32 Å². The van der Waals surface area contributed by atoms with Crippen molar-refractivity contribution in [2.45, 2.75) is 6.92 Å². The van der Waals surface area contributed by atoms with E-state index in [4.69, 9.17) is 5.73 Å². The van der Waals surface area contributed by atoms with Crippen LogP contribution < -0.4 is 11.1 Å². The summed E-state index contributed by atoms with van der Waals surface area (Å²) in [6.45, 7) is 1.87. The molecule has 2 aromatic rings. The van der Waals surface area contributed by atoms with E-state index in [1.807, 2.05) is 13.0 Å². The molecule has 0 heterocycles. The van der Waals surface area contributed by atoms with Crippen molar-refractivity contribution < 1.29 is 9.90 Å². The van der Waals surface area contributed by atoms with Gasteiger partial charge in [0.15, 0.2) is 0 Å². The van der Waals surface area contributed by atoms with Gasteiger partial charge in [0.1, 0.15) is 5.75 Å². The average molecular weight is 242 g/mol. The van der Waals surface area contributed by atoms with Gasteiger partial charge in [-0.05, 0) is 36.8 Å². The molecule has 0 saturated heterocycles. The average Bonchev–Trinajstić information content (AvgIpc) is 2.34. The van der Waals surface area contributed by atoms with Crippen molar-refractivity contribution in [3.8, 4) is 5.75 Å². The number of para-hydroxylation sites is 1. The van der Waals surface area contributed by atoms with Crippen molar-refractivity contribution in [2.24, 2.45) is 0 Å². The Balaban J connectivity index is 2.27. The summed E-state index contributed by atoms with van der Waals surface area (Å²) >= 11 is 0. The van der Waals surface area contributed by atoms with Gasteiger partial charge in [-0.1, -0.05) is 18.2 Å². The lowest BCUT2D eigenvalue weighted by Gasteiger charge is -2.10. The lowest BCUT2D eigenvalue weighted by atomic mass is 10.1.